The predicted molar refractivity (Wildman–Crippen MR) is 109 cm³/mol. The maximum absolute atomic E-state index is 5.56. The van der Waals surface area contributed by atoms with Crippen LogP contribution in [0.5, 0.6) is 5.75 Å². The molecule has 0 bridgehead atoms. The van der Waals surface area contributed by atoms with E-state index in [4.69, 9.17) is 4.74 Å². The molecule has 0 aromatic heterocycles. The van der Waals surface area contributed by atoms with Crippen LogP contribution >= 0.6 is 22.6 Å². The number of anilines is 1. The lowest BCUT2D eigenvalue weighted by atomic mass is 10.00. The summed E-state index contributed by atoms with van der Waals surface area (Å²) in [6, 6.07) is 5.31. The van der Waals surface area contributed by atoms with Crippen LogP contribution in [0.15, 0.2) is 12.1 Å². The van der Waals surface area contributed by atoms with E-state index in [1.54, 1.807) is 7.11 Å². The smallest absolute Gasteiger partial charge is 0.134 e. The van der Waals surface area contributed by atoms with Gasteiger partial charge in [0.1, 0.15) is 5.75 Å². The Kier molecular flexibility index (Phi) is 6.27. The monoisotopic (exact) mass is 443 g/mol. The number of hydrogen-bond acceptors (Lipinski definition) is 4. The molecule has 2 aliphatic heterocycles. The molecule has 0 atom stereocenters. The summed E-state index contributed by atoms with van der Waals surface area (Å²) in [5.74, 6) is 1.00. The van der Waals surface area contributed by atoms with Gasteiger partial charge in [0.15, 0.2) is 0 Å². The van der Waals surface area contributed by atoms with Gasteiger partial charge < -0.3 is 14.5 Å². The molecule has 0 N–H and O–H groups in total. The summed E-state index contributed by atoms with van der Waals surface area (Å²) in [7, 11) is 4.00. The van der Waals surface area contributed by atoms with Gasteiger partial charge in [0, 0.05) is 57.1 Å². The highest BCUT2D eigenvalue weighted by Crippen LogP contribution is 2.33. The highest BCUT2D eigenvalue weighted by molar-refractivity contribution is 14.1. The van der Waals surface area contributed by atoms with E-state index in [2.05, 4.69) is 63.4 Å². The number of nitrogens with zero attached hydrogens (tertiary/aromatic N) is 3. The lowest BCUT2D eigenvalue weighted by Crippen LogP contribution is -2.52. The highest BCUT2D eigenvalue weighted by Gasteiger charge is 2.27. The number of benzene rings is 1. The van der Waals surface area contributed by atoms with Gasteiger partial charge in [-0.1, -0.05) is 6.92 Å². The van der Waals surface area contributed by atoms with E-state index < -0.39 is 0 Å². The number of ether oxygens (including phenoxy) is 1. The molecule has 0 spiro atoms. The molecule has 0 radical (unpaired) electrons. The summed E-state index contributed by atoms with van der Waals surface area (Å²) in [6.45, 7) is 9.47. The Balaban J connectivity index is 1.66. The molecule has 1 aromatic carbocycles. The van der Waals surface area contributed by atoms with Crippen LogP contribution in [-0.4, -0.2) is 69.3 Å². The van der Waals surface area contributed by atoms with Gasteiger partial charge in [-0.2, -0.15) is 0 Å². The topological polar surface area (TPSA) is 19.0 Å². The standard InChI is InChI=1S/C19H30IN3O/c1-4-15-13-17(20)19(24-3)14-18(15)23-7-5-16(6-8-23)22-11-9-21(2)10-12-22/h13-14,16H,4-12H2,1-3H3. The average molecular weight is 443 g/mol. The molecular formula is C19H30IN3O. The van der Waals surface area contributed by atoms with Crippen molar-refractivity contribution < 1.29 is 4.74 Å². The summed E-state index contributed by atoms with van der Waals surface area (Å²) in [5.41, 5.74) is 2.82. The molecule has 0 amide bonds. The molecule has 2 fully saturated rings. The zero-order chi connectivity index (χ0) is 17.1. The number of methoxy groups -OCH3 is 1. The minimum Gasteiger partial charge on any atom is -0.496 e. The number of piperidine rings is 1. The third kappa shape index (κ3) is 3.99. The molecule has 2 saturated heterocycles. The number of aryl methyl sites for hydroxylation is 1. The van der Waals surface area contributed by atoms with Gasteiger partial charge in [-0.15, -0.1) is 0 Å². The van der Waals surface area contributed by atoms with Gasteiger partial charge in [-0.05, 0) is 60.5 Å². The summed E-state index contributed by atoms with van der Waals surface area (Å²) < 4.78 is 6.77. The lowest BCUT2D eigenvalue weighted by molar-refractivity contribution is 0.0982. The van der Waals surface area contributed by atoms with E-state index in [-0.39, 0.29) is 0 Å². The molecule has 2 heterocycles. The number of halogens is 1. The third-order valence-corrected chi connectivity index (χ3v) is 6.44. The molecule has 2 aliphatic rings. The minimum atomic E-state index is 0.769. The fraction of sp³-hybridized carbons (Fsp3) is 0.684. The van der Waals surface area contributed by atoms with Crippen LogP contribution < -0.4 is 9.64 Å². The fourth-order valence-electron chi connectivity index (χ4n) is 3.98. The zero-order valence-electron chi connectivity index (χ0n) is 15.2. The van der Waals surface area contributed by atoms with Crippen LogP contribution in [0.4, 0.5) is 5.69 Å². The van der Waals surface area contributed by atoms with Crippen molar-refractivity contribution in [2.45, 2.75) is 32.2 Å². The minimum absolute atomic E-state index is 0.769. The Labute approximate surface area is 160 Å². The second kappa shape index (κ2) is 8.23. The second-order valence-corrected chi connectivity index (χ2v) is 8.19. The second-order valence-electron chi connectivity index (χ2n) is 7.03. The van der Waals surface area contributed by atoms with Crippen molar-refractivity contribution in [3.05, 3.63) is 21.3 Å². The molecule has 1 aromatic rings. The van der Waals surface area contributed by atoms with Crippen molar-refractivity contribution in [1.82, 2.24) is 9.80 Å². The van der Waals surface area contributed by atoms with Crippen LogP contribution in [0, 0.1) is 3.57 Å². The first-order chi connectivity index (χ1) is 11.6. The molecule has 3 rings (SSSR count). The van der Waals surface area contributed by atoms with E-state index in [1.807, 2.05) is 0 Å². The van der Waals surface area contributed by atoms with Crippen molar-refractivity contribution in [3.63, 3.8) is 0 Å². The normalized spacial score (nSPS) is 21.2. The van der Waals surface area contributed by atoms with Gasteiger partial charge in [-0.25, -0.2) is 0 Å². The molecule has 5 heteroatoms. The maximum atomic E-state index is 5.56. The largest absolute Gasteiger partial charge is 0.496 e. The Morgan fingerprint density at radius 1 is 1.08 bits per heavy atom. The molecule has 0 aliphatic carbocycles. The third-order valence-electron chi connectivity index (χ3n) is 5.59. The van der Waals surface area contributed by atoms with Gasteiger partial charge in [-0.3, -0.25) is 4.90 Å². The van der Waals surface area contributed by atoms with Crippen LogP contribution in [0.3, 0.4) is 0 Å². The quantitative estimate of drug-likeness (QED) is 0.666. The fourth-order valence-corrected chi connectivity index (χ4v) is 4.73. The van der Waals surface area contributed by atoms with Crippen molar-refractivity contribution >= 4 is 28.3 Å². The zero-order valence-corrected chi connectivity index (χ0v) is 17.4. The van der Waals surface area contributed by atoms with E-state index in [1.165, 1.54) is 53.8 Å². The summed E-state index contributed by atoms with van der Waals surface area (Å²) in [4.78, 5) is 7.73. The van der Waals surface area contributed by atoms with Gasteiger partial charge >= 0.3 is 0 Å². The molecule has 24 heavy (non-hydrogen) atoms. The Morgan fingerprint density at radius 3 is 2.33 bits per heavy atom. The maximum Gasteiger partial charge on any atom is 0.134 e. The van der Waals surface area contributed by atoms with Crippen molar-refractivity contribution in [3.8, 4) is 5.75 Å². The summed E-state index contributed by atoms with van der Waals surface area (Å²) in [5, 5.41) is 0. The Bertz CT molecular complexity index is 550. The number of likely N-dealkylation sites (N-methyl/N-ethyl adjacent to an activating group) is 1. The van der Waals surface area contributed by atoms with Gasteiger partial charge in [0.25, 0.3) is 0 Å². The SMILES string of the molecule is CCc1cc(I)c(OC)cc1N1CCC(N2CCN(C)CC2)CC1. The van der Waals surface area contributed by atoms with Gasteiger partial charge in [0.05, 0.1) is 10.7 Å². The molecule has 0 saturated carbocycles. The van der Waals surface area contributed by atoms with Crippen LogP contribution in [0.2, 0.25) is 0 Å². The first-order valence-electron chi connectivity index (χ1n) is 9.16. The van der Waals surface area contributed by atoms with E-state index in [0.717, 1.165) is 31.3 Å². The molecule has 134 valence electrons. The van der Waals surface area contributed by atoms with Gasteiger partial charge in [0.2, 0.25) is 0 Å². The summed E-state index contributed by atoms with van der Waals surface area (Å²) in [6.07, 6.45) is 3.63. The Hall–Kier alpha value is -0.530. The van der Waals surface area contributed by atoms with Crippen LogP contribution in [0.25, 0.3) is 0 Å². The first kappa shape index (κ1) is 18.3. The van der Waals surface area contributed by atoms with Crippen molar-refractivity contribution in [1.29, 1.82) is 0 Å². The predicted octanol–water partition coefficient (Wildman–Crippen LogP) is 3.08. The summed E-state index contributed by atoms with van der Waals surface area (Å²) >= 11 is 2.38. The van der Waals surface area contributed by atoms with E-state index in [0.29, 0.717) is 0 Å². The number of rotatable bonds is 4. The van der Waals surface area contributed by atoms with Crippen LogP contribution in [0.1, 0.15) is 25.3 Å². The van der Waals surface area contributed by atoms with Crippen molar-refractivity contribution in [2.24, 2.45) is 0 Å². The lowest BCUT2D eigenvalue weighted by Gasteiger charge is -2.43. The Morgan fingerprint density at radius 2 is 1.75 bits per heavy atom. The molecule has 0 unspecified atom stereocenters. The molecular weight excluding hydrogens is 413 g/mol. The number of hydrogen-bond donors (Lipinski definition) is 0. The first-order valence-corrected chi connectivity index (χ1v) is 10.2. The number of piperazine rings is 1. The van der Waals surface area contributed by atoms with E-state index >= 15 is 0 Å². The van der Waals surface area contributed by atoms with Crippen molar-refractivity contribution in [2.75, 3.05) is 58.3 Å². The molecule has 4 nitrogen and oxygen atoms in total. The van der Waals surface area contributed by atoms with E-state index in [9.17, 15) is 0 Å². The average Bonchev–Trinajstić information content (AvgIpc) is 2.62. The highest BCUT2D eigenvalue weighted by atomic mass is 127. The van der Waals surface area contributed by atoms with Crippen LogP contribution in [-0.2, 0) is 6.42 Å².